The molecule has 0 aliphatic carbocycles. The molecule has 0 radical (unpaired) electrons. The van der Waals surface area contributed by atoms with Crippen LogP contribution in [0.5, 0.6) is 0 Å². The van der Waals surface area contributed by atoms with Gasteiger partial charge in [-0.25, -0.2) is 0 Å². The summed E-state index contributed by atoms with van der Waals surface area (Å²) in [5, 5.41) is 3.48. The maximum Gasteiger partial charge on any atom is 0.0668 e. The van der Waals surface area contributed by atoms with E-state index in [0.29, 0.717) is 12.1 Å². The zero-order valence-electron chi connectivity index (χ0n) is 12.4. The maximum absolute atomic E-state index is 5.53. The van der Waals surface area contributed by atoms with Crippen LogP contribution in [0.4, 0.5) is 5.69 Å². The molecule has 2 heterocycles. The lowest BCUT2D eigenvalue weighted by Crippen LogP contribution is -2.44. The third-order valence-corrected chi connectivity index (χ3v) is 3.48. The monoisotopic (exact) mass is 263 g/mol. The van der Waals surface area contributed by atoms with Crippen molar-refractivity contribution >= 4 is 5.69 Å². The van der Waals surface area contributed by atoms with E-state index in [2.05, 4.69) is 42.0 Å². The van der Waals surface area contributed by atoms with Crippen LogP contribution in [0, 0.1) is 6.92 Å². The van der Waals surface area contributed by atoms with Crippen molar-refractivity contribution in [1.82, 2.24) is 10.3 Å². The first-order valence-corrected chi connectivity index (χ1v) is 7.11. The lowest BCUT2D eigenvalue weighted by Gasteiger charge is -2.36. The van der Waals surface area contributed by atoms with Gasteiger partial charge in [0, 0.05) is 48.3 Å². The fraction of sp³-hybridized carbons (Fsp3) is 0.667. The van der Waals surface area contributed by atoms with Gasteiger partial charge in [0.25, 0.3) is 0 Å². The SMILES string of the molecule is Cc1cc(N2CCOCC2C)c(CNC(C)C)cn1. The highest BCUT2D eigenvalue weighted by Crippen LogP contribution is 2.24. The van der Waals surface area contributed by atoms with Gasteiger partial charge in [-0.05, 0) is 19.9 Å². The van der Waals surface area contributed by atoms with Gasteiger partial charge >= 0.3 is 0 Å². The quantitative estimate of drug-likeness (QED) is 0.903. The first kappa shape index (κ1) is 14.3. The van der Waals surface area contributed by atoms with Crippen LogP contribution in [0.1, 0.15) is 32.0 Å². The number of morpholine rings is 1. The Kier molecular flexibility index (Phi) is 4.77. The van der Waals surface area contributed by atoms with Crippen molar-refractivity contribution in [2.24, 2.45) is 0 Å². The standard InChI is InChI=1S/C15H25N3O/c1-11(2)16-8-14-9-17-12(3)7-15(14)18-5-6-19-10-13(18)4/h7,9,11,13,16H,5-6,8,10H2,1-4H3. The van der Waals surface area contributed by atoms with E-state index in [-0.39, 0.29) is 0 Å². The molecule has 1 N–H and O–H groups in total. The minimum absolute atomic E-state index is 0.424. The highest BCUT2D eigenvalue weighted by Gasteiger charge is 2.21. The van der Waals surface area contributed by atoms with Crippen molar-refractivity contribution < 1.29 is 4.74 Å². The van der Waals surface area contributed by atoms with Crippen LogP contribution in [0.15, 0.2) is 12.3 Å². The number of hydrogen-bond donors (Lipinski definition) is 1. The van der Waals surface area contributed by atoms with E-state index in [1.54, 1.807) is 0 Å². The maximum atomic E-state index is 5.53. The van der Waals surface area contributed by atoms with Gasteiger partial charge in [0.2, 0.25) is 0 Å². The Bertz CT molecular complexity index is 420. The molecule has 2 rings (SSSR count). The number of nitrogens with one attached hydrogen (secondary N) is 1. The van der Waals surface area contributed by atoms with E-state index in [1.165, 1.54) is 11.3 Å². The fourth-order valence-corrected chi connectivity index (χ4v) is 2.38. The molecule has 1 fully saturated rings. The van der Waals surface area contributed by atoms with E-state index in [9.17, 15) is 0 Å². The van der Waals surface area contributed by atoms with Crippen molar-refractivity contribution in [3.8, 4) is 0 Å². The van der Waals surface area contributed by atoms with Crippen LogP contribution < -0.4 is 10.2 Å². The molecule has 0 aromatic carbocycles. The molecule has 0 spiro atoms. The number of pyridine rings is 1. The molecule has 106 valence electrons. The topological polar surface area (TPSA) is 37.4 Å². The predicted octanol–water partition coefficient (Wildman–Crippen LogP) is 2.11. The molecule has 1 unspecified atom stereocenters. The normalized spacial score (nSPS) is 20.1. The van der Waals surface area contributed by atoms with Gasteiger partial charge in [0.05, 0.1) is 13.2 Å². The molecule has 19 heavy (non-hydrogen) atoms. The summed E-state index contributed by atoms with van der Waals surface area (Å²) >= 11 is 0. The summed E-state index contributed by atoms with van der Waals surface area (Å²) in [6, 6.07) is 3.10. The zero-order chi connectivity index (χ0) is 13.8. The Labute approximate surface area is 116 Å². The van der Waals surface area contributed by atoms with Crippen LogP contribution >= 0.6 is 0 Å². The molecule has 1 aromatic heterocycles. The molecule has 0 amide bonds. The average Bonchev–Trinajstić information content (AvgIpc) is 2.37. The number of rotatable bonds is 4. The molecular weight excluding hydrogens is 238 g/mol. The van der Waals surface area contributed by atoms with Crippen LogP contribution in [-0.2, 0) is 11.3 Å². The molecule has 0 bridgehead atoms. The predicted molar refractivity (Wildman–Crippen MR) is 78.6 cm³/mol. The highest BCUT2D eigenvalue weighted by molar-refractivity contribution is 5.54. The summed E-state index contributed by atoms with van der Waals surface area (Å²) in [6.07, 6.45) is 2.00. The van der Waals surface area contributed by atoms with Crippen LogP contribution in [0.3, 0.4) is 0 Å². The van der Waals surface area contributed by atoms with Crippen molar-refractivity contribution in [2.45, 2.75) is 46.3 Å². The lowest BCUT2D eigenvalue weighted by atomic mass is 10.1. The van der Waals surface area contributed by atoms with Gasteiger partial charge in [0.1, 0.15) is 0 Å². The molecule has 0 saturated carbocycles. The van der Waals surface area contributed by atoms with Crippen LogP contribution in [0.2, 0.25) is 0 Å². The molecule has 1 saturated heterocycles. The van der Waals surface area contributed by atoms with E-state index in [4.69, 9.17) is 4.74 Å². The summed E-state index contributed by atoms with van der Waals surface area (Å²) in [7, 11) is 0. The Morgan fingerprint density at radius 1 is 1.53 bits per heavy atom. The summed E-state index contributed by atoms with van der Waals surface area (Å²) in [4.78, 5) is 6.88. The van der Waals surface area contributed by atoms with Gasteiger partial charge < -0.3 is 15.0 Å². The molecule has 4 heteroatoms. The van der Waals surface area contributed by atoms with Crippen molar-refractivity contribution in [3.63, 3.8) is 0 Å². The number of hydrogen-bond acceptors (Lipinski definition) is 4. The van der Waals surface area contributed by atoms with Crippen molar-refractivity contribution in [2.75, 3.05) is 24.7 Å². The third kappa shape index (κ3) is 3.67. The third-order valence-electron chi connectivity index (χ3n) is 3.48. The minimum Gasteiger partial charge on any atom is -0.377 e. The van der Waals surface area contributed by atoms with Crippen LogP contribution in [-0.4, -0.2) is 36.8 Å². The van der Waals surface area contributed by atoms with Crippen molar-refractivity contribution in [3.05, 3.63) is 23.5 Å². The van der Waals surface area contributed by atoms with Crippen LogP contribution in [0.25, 0.3) is 0 Å². The average molecular weight is 263 g/mol. The number of aryl methyl sites for hydroxylation is 1. The van der Waals surface area contributed by atoms with E-state index < -0.39 is 0 Å². The Hall–Kier alpha value is -1.13. The first-order chi connectivity index (χ1) is 9.08. The second-order valence-electron chi connectivity index (χ2n) is 5.61. The number of aromatic nitrogens is 1. The van der Waals surface area contributed by atoms with Gasteiger partial charge in [-0.1, -0.05) is 13.8 Å². The molecule has 1 aliphatic rings. The van der Waals surface area contributed by atoms with Gasteiger partial charge in [-0.15, -0.1) is 0 Å². The van der Waals surface area contributed by atoms with E-state index >= 15 is 0 Å². The van der Waals surface area contributed by atoms with Gasteiger partial charge in [0.15, 0.2) is 0 Å². The number of ether oxygens (including phenoxy) is 1. The second-order valence-corrected chi connectivity index (χ2v) is 5.61. The van der Waals surface area contributed by atoms with Gasteiger partial charge in [-0.2, -0.15) is 0 Å². The summed E-state index contributed by atoms with van der Waals surface area (Å²) in [6.45, 7) is 12.0. The Morgan fingerprint density at radius 2 is 2.32 bits per heavy atom. The Balaban J connectivity index is 2.23. The molecule has 1 atom stereocenters. The van der Waals surface area contributed by atoms with E-state index in [0.717, 1.165) is 32.0 Å². The Morgan fingerprint density at radius 3 is 3.00 bits per heavy atom. The van der Waals surface area contributed by atoms with E-state index in [1.807, 2.05) is 13.1 Å². The number of nitrogens with zero attached hydrogens (tertiary/aromatic N) is 2. The smallest absolute Gasteiger partial charge is 0.0668 e. The first-order valence-electron chi connectivity index (χ1n) is 7.11. The second kappa shape index (κ2) is 6.35. The summed E-state index contributed by atoms with van der Waals surface area (Å²) < 4.78 is 5.53. The lowest BCUT2D eigenvalue weighted by molar-refractivity contribution is 0.0988. The fourth-order valence-electron chi connectivity index (χ4n) is 2.38. The molecule has 1 aromatic rings. The molecule has 4 nitrogen and oxygen atoms in total. The van der Waals surface area contributed by atoms with Gasteiger partial charge in [-0.3, -0.25) is 4.98 Å². The summed E-state index contributed by atoms with van der Waals surface area (Å²) in [5.74, 6) is 0. The minimum atomic E-state index is 0.424. The molecular formula is C15H25N3O. The summed E-state index contributed by atoms with van der Waals surface area (Å²) in [5.41, 5.74) is 3.64. The number of anilines is 1. The largest absolute Gasteiger partial charge is 0.377 e. The highest BCUT2D eigenvalue weighted by atomic mass is 16.5. The molecule has 1 aliphatic heterocycles. The van der Waals surface area contributed by atoms with Crippen molar-refractivity contribution in [1.29, 1.82) is 0 Å². The zero-order valence-corrected chi connectivity index (χ0v) is 12.4.